The Balaban J connectivity index is 1.79. The van der Waals surface area contributed by atoms with Gasteiger partial charge < -0.3 is 15.2 Å². The molecule has 0 saturated heterocycles. The number of carbonyl (C=O) groups excluding carboxylic acids is 2. The zero-order valence-corrected chi connectivity index (χ0v) is 14.1. The minimum absolute atomic E-state index is 0.159. The number of aryl methyl sites for hydroxylation is 1. The first kappa shape index (κ1) is 15.9. The SMILES string of the molecule is CC(=O)Nc1cccc(NC(=O)c2sc(-n3cccc3)nc2C)c1. The molecule has 0 aliphatic heterocycles. The minimum atomic E-state index is -0.219. The third-order valence-electron chi connectivity index (χ3n) is 3.26. The number of nitrogens with zero attached hydrogens (tertiary/aromatic N) is 2. The van der Waals surface area contributed by atoms with Crippen molar-refractivity contribution in [2.45, 2.75) is 13.8 Å². The molecule has 6 nitrogen and oxygen atoms in total. The van der Waals surface area contributed by atoms with Crippen LogP contribution >= 0.6 is 11.3 Å². The predicted octanol–water partition coefficient (Wildman–Crippen LogP) is 3.45. The lowest BCUT2D eigenvalue weighted by Crippen LogP contribution is -2.12. The summed E-state index contributed by atoms with van der Waals surface area (Å²) in [5.74, 6) is -0.378. The maximum atomic E-state index is 12.5. The van der Waals surface area contributed by atoms with Crippen LogP contribution in [0.1, 0.15) is 22.3 Å². The van der Waals surface area contributed by atoms with Crippen molar-refractivity contribution >= 4 is 34.5 Å². The van der Waals surface area contributed by atoms with Crippen LogP contribution < -0.4 is 10.6 Å². The fraction of sp³-hybridized carbons (Fsp3) is 0.118. The molecule has 3 rings (SSSR count). The number of amides is 2. The van der Waals surface area contributed by atoms with Crippen molar-refractivity contribution < 1.29 is 9.59 Å². The topological polar surface area (TPSA) is 76.0 Å². The highest BCUT2D eigenvalue weighted by molar-refractivity contribution is 7.16. The van der Waals surface area contributed by atoms with Crippen LogP contribution in [0.4, 0.5) is 11.4 Å². The lowest BCUT2D eigenvalue weighted by Gasteiger charge is -2.07. The smallest absolute Gasteiger partial charge is 0.267 e. The molecular formula is C17H16N4O2S. The molecule has 2 heterocycles. The molecular weight excluding hydrogens is 324 g/mol. The third-order valence-corrected chi connectivity index (χ3v) is 4.43. The molecule has 0 unspecified atom stereocenters. The number of aromatic nitrogens is 2. The zero-order chi connectivity index (χ0) is 17.1. The zero-order valence-electron chi connectivity index (χ0n) is 13.2. The van der Waals surface area contributed by atoms with Crippen LogP contribution in [0.3, 0.4) is 0 Å². The van der Waals surface area contributed by atoms with E-state index in [4.69, 9.17) is 0 Å². The Morgan fingerprint density at radius 1 is 1.08 bits per heavy atom. The summed E-state index contributed by atoms with van der Waals surface area (Å²) in [5.41, 5.74) is 1.93. The Kier molecular flexibility index (Phi) is 4.43. The Morgan fingerprint density at radius 2 is 1.75 bits per heavy atom. The molecule has 0 atom stereocenters. The first-order valence-electron chi connectivity index (χ1n) is 7.33. The molecule has 0 radical (unpaired) electrons. The summed E-state index contributed by atoms with van der Waals surface area (Å²) in [6.07, 6.45) is 3.77. The molecule has 2 aromatic heterocycles. The average molecular weight is 340 g/mol. The molecule has 2 amide bonds. The molecule has 2 N–H and O–H groups in total. The first-order valence-corrected chi connectivity index (χ1v) is 8.14. The van der Waals surface area contributed by atoms with Gasteiger partial charge in [-0.2, -0.15) is 0 Å². The van der Waals surface area contributed by atoms with Crippen LogP contribution in [0.25, 0.3) is 5.13 Å². The fourth-order valence-corrected chi connectivity index (χ4v) is 3.16. The first-order chi connectivity index (χ1) is 11.5. The summed E-state index contributed by atoms with van der Waals surface area (Å²) in [4.78, 5) is 28.6. The molecule has 24 heavy (non-hydrogen) atoms. The number of benzene rings is 1. The van der Waals surface area contributed by atoms with E-state index in [-0.39, 0.29) is 11.8 Å². The second-order valence-corrected chi connectivity index (χ2v) is 6.19. The molecule has 0 aliphatic carbocycles. The normalized spacial score (nSPS) is 10.4. The van der Waals surface area contributed by atoms with Crippen LogP contribution in [0, 0.1) is 6.92 Å². The summed E-state index contributed by atoms with van der Waals surface area (Å²) in [6, 6.07) is 10.8. The maximum Gasteiger partial charge on any atom is 0.267 e. The molecule has 0 spiro atoms. The number of anilines is 2. The lowest BCUT2D eigenvalue weighted by atomic mass is 10.2. The van der Waals surface area contributed by atoms with E-state index in [9.17, 15) is 9.59 Å². The maximum absolute atomic E-state index is 12.5. The van der Waals surface area contributed by atoms with Crippen molar-refractivity contribution in [3.05, 3.63) is 59.4 Å². The van der Waals surface area contributed by atoms with Crippen LogP contribution in [0.5, 0.6) is 0 Å². The Bertz CT molecular complexity index is 884. The highest BCUT2D eigenvalue weighted by Gasteiger charge is 2.16. The third kappa shape index (κ3) is 3.52. The van der Waals surface area contributed by atoms with Crippen molar-refractivity contribution in [1.82, 2.24) is 9.55 Å². The van der Waals surface area contributed by atoms with Crippen molar-refractivity contribution in [2.24, 2.45) is 0 Å². The van der Waals surface area contributed by atoms with E-state index in [2.05, 4.69) is 15.6 Å². The highest BCUT2D eigenvalue weighted by Crippen LogP contribution is 2.23. The number of rotatable bonds is 4. The van der Waals surface area contributed by atoms with E-state index in [1.807, 2.05) is 36.0 Å². The van der Waals surface area contributed by atoms with E-state index in [1.54, 1.807) is 24.3 Å². The molecule has 0 aliphatic rings. The monoisotopic (exact) mass is 340 g/mol. The molecule has 0 fully saturated rings. The largest absolute Gasteiger partial charge is 0.326 e. The number of hydrogen-bond acceptors (Lipinski definition) is 4. The molecule has 7 heteroatoms. The Labute approximate surface area is 143 Å². The van der Waals surface area contributed by atoms with Crippen LogP contribution in [0.15, 0.2) is 48.8 Å². The molecule has 1 aromatic carbocycles. The summed E-state index contributed by atoms with van der Waals surface area (Å²) in [7, 11) is 0. The number of thiazole rings is 1. The molecule has 3 aromatic rings. The quantitative estimate of drug-likeness (QED) is 0.764. The summed E-state index contributed by atoms with van der Waals surface area (Å²) in [5, 5.41) is 6.28. The van der Waals surface area contributed by atoms with Gasteiger partial charge in [0, 0.05) is 30.7 Å². The van der Waals surface area contributed by atoms with Gasteiger partial charge in [0.05, 0.1) is 5.69 Å². The predicted molar refractivity (Wildman–Crippen MR) is 94.9 cm³/mol. The average Bonchev–Trinajstić information content (AvgIpc) is 3.16. The Hall–Kier alpha value is -2.93. The van der Waals surface area contributed by atoms with Gasteiger partial charge in [-0.25, -0.2) is 4.98 Å². The van der Waals surface area contributed by atoms with Gasteiger partial charge in [-0.3, -0.25) is 9.59 Å². The van der Waals surface area contributed by atoms with Gasteiger partial charge in [0.15, 0.2) is 5.13 Å². The van der Waals surface area contributed by atoms with Crippen LogP contribution in [0.2, 0.25) is 0 Å². The van der Waals surface area contributed by atoms with Crippen molar-refractivity contribution in [3.8, 4) is 5.13 Å². The van der Waals surface area contributed by atoms with Gasteiger partial charge >= 0.3 is 0 Å². The molecule has 122 valence electrons. The standard InChI is InChI=1S/C17H16N4O2S/c1-11-15(24-17(18-11)21-8-3-4-9-21)16(23)20-14-7-5-6-13(10-14)19-12(2)22/h3-10H,1-2H3,(H,19,22)(H,20,23). The van der Waals surface area contributed by atoms with Crippen molar-refractivity contribution in [2.75, 3.05) is 10.6 Å². The van der Waals surface area contributed by atoms with Gasteiger partial charge in [0.25, 0.3) is 5.91 Å². The van der Waals surface area contributed by atoms with Crippen molar-refractivity contribution in [1.29, 1.82) is 0 Å². The number of nitrogens with one attached hydrogen (secondary N) is 2. The summed E-state index contributed by atoms with van der Waals surface area (Å²) >= 11 is 1.33. The van der Waals surface area contributed by atoms with Crippen LogP contribution in [-0.4, -0.2) is 21.4 Å². The van der Waals surface area contributed by atoms with E-state index in [0.717, 1.165) is 5.13 Å². The van der Waals surface area contributed by atoms with Gasteiger partial charge in [-0.15, -0.1) is 0 Å². The Morgan fingerprint density at radius 3 is 2.42 bits per heavy atom. The van der Waals surface area contributed by atoms with Gasteiger partial charge in [0.1, 0.15) is 4.88 Å². The highest BCUT2D eigenvalue weighted by atomic mass is 32.1. The van der Waals surface area contributed by atoms with Crippen LogP contribution in [-0.2, 0) is 4.79 Å². The van der Waals surface area contributed by atoms with Crippen molar-refractivity contribution in [3.63, 3.8) is 0 Å². The van der Waals surface area contributed by atoms with Gasteiger partial charge in [0.2, 0.25) is 5.91 Å². The van der Waals surface area contributed by atoms with Gasteiger partial charge in [-0.05, 0) is 37.3 Å². The second-order valence-electron chi connectivity index (χ2n) is 5.22. The summed E-state index contributed by atoms with van der Waals surface area (Å²) in [6.45, 7) is 3.25. The van der Waals surface area contributed by atoms with Gasteiger partial charge in [-0.1, -0.05) is 17.4 Å². The second kappa shape index (κ2) is 6.67. The van der Waals surface area contributed by atoms with E-state index >= 15 is 0 Å². The van der Waals surface area contributed by atoms with E-state index in [0.29, 0.717) is 21.9 Å². The molecule has 0 saturated carbocycles. The van der Waals surface area contributed by atoms with E-state index < -0.39 is 0 Å². The molecule has 0 bridgehead atoms. The van der Waals surface area contributed by atoms with E-state index in [1.165, 1.54) is 18.3 Å². The minimum Gasteiger partial charge on any atom is -0.326 e. The number of carbonyl (C=O) groups is 2. The summed E-state index contributed by atoms with van der Waals surface area (Å²) < 4.78 is 1.87. The number of hydrogen-bond donors (Lipinski definition) is 2. The fourth-order valence-electron chi connectivity index (χ4n) is 2.23. The lowest BCUT2D eigenvalue weighted by molar-refractivity contribution is -0.114.